The summed E-state index contributed by atoms with van der Waals surface area (Å²) in [4.78, 5) is 10.2. The SMILES string of the molecule is CCCNCC(C)COc1cccc([N+](=O)[O-])c1. The minimum atomic E-state index is -0.418. The van der Waals surface area contributed by atoms with Crippen molar-refractivity contribution in [2.24, 2.45) is 5.92 Å². The van der Waals surface area contributed by atoms with Crippen LogP contribution in [-0.4, -0.2) is 24.6 Å². The maximum atomic E-state index is 10.6. The lowest BCUT2D eigenvalue weighted by molar-refractivity contribution is -0.384. The summed E-state index contributed by atoms with van der Waals surface area (Å²) >= 11 is 0. The number of nitro benzene ring substituents is 1. The zero-order valence-corrected chi connectivity index (χ0v) is 10.9. The van der Waals surface area contributed by atoms with Crippen molar-refractivity contribution < 1.29 is 9.66 Å². The standard InChI is InChI=1S/C13H20N2O3/c1-3-7-14-9-11(2)10-18-13-6-4-5-12(8-13)15(16)17/h4-6,8,11,14H,3,7,9-10H2,1-2H3. The second-order valence-electron chi connectivity index (χ2n) is 4.37. The Balaban J connectivity index is 2.38. The number of non-ortho nitro benzene ring substituents is 1. The lowest BCUT2D eigenvalue weighted by Gasteiger charge is -2.13. The van der Waals surface area contributed by atoms with Crippen LogP contribution in [0.4, 0.5) is 5.69 Å². The molecule has 0 spiro atoms. The predicted octanol–water partition coefficient (Wildman–Crippen LogP) is 2.61. The molecule has 0 fully saturated rings. The number of benzene rings is 1. The van der Waals surface area contributed by atoms with Crippen LogP contribution in [0.2, 0.25) is 0 Å². The third-order valence-electron chi connectivity index (χ3n) is 2.48. The molecule has 1 aromatic carbocycles. The van der Waals surface area contributed by atoms with Gasteiger partial charge < -0.3 is 10.1 Å². The van der Waals surface area contributed by atoms with E-state index in [2.05, 4.69) is 19.2 Å². The molecule has 1 aromatic rings. The van der Waals surface area contributed by atoms with Crippen LogP contribution in [0, 0.1) is 16.0 Å². The number of rotatable bonds is 8. The van der Waals surface area contributed by atoms with Gasteiger partial charge in [-0.15, -0.1) is 0 Å². The van der Waals surface area contributed by atoms with E-state index in [1.54, 1.807) is 12.1 Å². The summed E-state index contributed by atoms with van der Waals surface area (Å²) in [6.45, 7) is 6.65. The summed E-state index contributed by atoms with van der Waals surface area (Å²) in [5.74, 6) is 0.919. The lowest BCUT2D eigenvalue weighted by atomic mass is 10.2. The molecule has 1 rings (SSSR count). The highest BCUT2D eigenvalue weighted by molar-refractivity contribution is 5.37. The number of hydrogen-bond acceptors (Lipinski definition) is 4. The van der Waals surface area contributed by atoms with Crippen molar-refractivity contribution in [1.29, 1.82) is 0 Å². The molecule has 1 N–H and O–H groups in total. The Morgan fingerprint density at radius 3 is 2.94 bits per heavy atom. The fraction of sp³-hybridized carbons (Fsp3) is 0.538. The van der Waals surface area contributed by atoms with Crippen LogP contribution in [0.15, 0.2) is 24.3 Å². The topological polar surface area (TPSA) is 64.4 Å². The van der Waals surface area contributed by atoms with E-state index in [4.69, 9.17) is 4.74 Å². The van der Waals surface area contributed by atoms with E-state index in [-0.39, 0.29) is 5.69 Å². The van der Waals surface area contributed by atoms with Crippen molar-refractivity contribution in [3.05, 3.63) is 34.4 Å². The van der Waals surface area contributed by atoms with E-state index in [1.165, 1.54) is 12.1 Å². The Morgan fingerprint density at radius 2 is 2.28 bits per heavy atom. The maximum absolute atomic E-state index is 10.6. The van der Waals surface area contributed by atoms with E-state index in [0.717, 1.165) is 19.5 Å². The van der Waals surface area contributed by atoms with Crippen molar-refractivity contribution in [3.8, 4) is 5.75 Å². The van der Waals surface area contributed by atoms with E-state index in [9.17, 15) is 10.1 Å². The molecule has 0 saturated heterocycles. The molecule has 1 atom stereocenters. The van der Waals surface area contributed by atoms with Crippen molar-refractivity contribution in [3.63, 3.8) is 0 Å². The summed E-state index contributed by atoms with van der Waals surface area (Å²) in [7, 11) is 0. The smallest absolute Gasteiger partial charge is 0.273 e. The van der Waals surface area contributed by atoms with E-state index in [1.807, 2.05) is 0 Å². The molecule has 0 aromatic heterocycles. The minimum absolute atomic E-state index is 0.0595. The fourth-order valence-electron chi connectivity index (χ4n) is 1.51. The van der Waals surface area contributed by atoms with Crippen LogP contribution in [-0.2, 0) is 0 Å². The molecule has 18 heavy (non-hydrogen) atoms. The minimum Gasteiger partial charge on any atom is -0.493 e. The first-order valence-electron chi connectivity index (χ1n) is 6.21. The normalized spacial score (nSPS) is 12.1. The highest BCUT2D eigenvalue weighted by Crippen LogP contribution is 2.19. The predicted molar refractivity (Wildman–Crippen MR) is 70.9 cm³/mol. The van der Waals surface area contributed by atoms with Crippen LogP contribution in [0.25, 0.3) is 0 Å². The summed E-state index contributed by atoms with van der Waals surface area (Å²) in [5.41, 5.74) is 0.0595. The van der Waals surface area contributed by atoms with Gasteiger partial charge in [-0.05, 0) is 19.0 Å². The Labute approximate surface area is 107 Å². The Kier molecular flexibility index (Phi) is 6.14. The van der Waals surface area contributed by atoms with Gasteiger partial charge in [0.15, 0.2) is 0 Å². The third-order valence-corrected chi connectivity index (χ3v) is 2.48. The quantitative estimate of drug-likeness (QED) is 0.439. The molecule has 0 radical (unpaired) electrons. The molecule has 0 aliphatic rings. The Morgan fingerprint density at radius 1 is 1.50 bits per heavy atom. The molecule has 0 saturated carbocycles. The zero-order chi connectivity index (χ0) is 13.4. The number of nitrogens with zero attached hydrogens (tertiary/aromatic N) is 1. The van der Waals surface area contributed by atoms with Crippen molar-refractivity contribution in [1.82, 2.24) is 5.32 Å². The first kappa shape index (κ1) is 14.4. The molecule has 0 amide bonds. The Hall–Kier alpha value is -1.62. The molecule has 100 valence electrons. The summed E-state index contributed by atoms with van der Waals surface area (Å²) in [5, 5.41) is 13.9. The molecule has 5 nitrogen and oxygen atoms in total. The molecule has 5 heteroatoms. The van der Waals surface area contributed by atoms with Gasteiger partial charge >= 0.3 is 0 Å². The molecule has 0 heterocycles. The van der Waals surface area contributed by atoms with E-state index in [0.29, 0.717) is 18.3 Å². The summed E-state index contributed by atoms with van der Waals surface area (Å²) in [6.07, 6.45) is 1.11. The van der Waals surface area contributed by atoms with Crippen LogP contribution < -0.4 is 10.1 Å². The number of ether oxygens (including phenoxy) is 1. The summed E-state index contributed by atoms with van der Waals surface area (Å²) < 4.78 is 5.54. The number of nitrogens with one attached hydrogen (secondary N) is 1. The van der Waals surface area contributed by atoms with E-state index >= 15 is 0 Å². The highest BCUT2D eigenvalue weighted by atomic mass is 16.6. The molecule has 0 aliphatic heterocycles. The van der Waals surface area contributed by atoms with Crippen LogP contribution in [0.5, 0.6) is 5.75 Å². The van der Waals surface area contributed by atoms with Gasteiger partial charge in [0, 0.05) is 18.5 Å². The largest absolute Gasteiger partial charge is 0.493 e. The van der Waals surface area contributed by atoms with Crippen molar-refractivity contribution in [2.75, 3.05) is 19.7 Å². The van der Waals surface area contributed by atoms with Crippen molar-refractivity contribution >= 4 is 5.69 Å². The molecule has 0 bridgehead atoms. The first-order chi connectivity index (χ1) is 8.63. The van der Waals surface area contributed by atoms with Crippen LogP contribution in [0.1, 0.15) is 20.3 Å². The van der Waals surface area contributed by atoms with Gasteiger partial charge in [0.1, 0.15) is 5.75 Å². The second kappa shape index (κ2) is 7.66. The van der Waals surface area contributed by atoms with E-state index < -0.39 is 4.92 Å². The van der Waals surface area contributed by atoms with Crippen LogP contribution >= 0.6 is 0 Å². The molecule has 0 aliphatic carbocycles. The lowest BCUT2D eigenvalue weighted by Crippen LogP contribution is -2.25. The van der Waals surface area contributed by atoms with Gasteiger partial charge in [0.2, 0.25) is 0 Å². The fourth-order valence-corrected chi connectivity index (χ4v) is 1.51. The average molecular weight is 252 g/mol. The van der Waals surface area contributed by atoms with Gasteiger partial charge in [-0.2, -0.15) is 0 Å². The van der Waals surface area contributed by atoms with Crippen molar-refractivity contribution in [2.45, 2.75) is 20.3 Å². The van der Waals surface area contributed by atoms with Gasteiger partial charge in [-0.3, -0.25) is 10.1 Å². The number of nitro groups is 1. The van der Waals surface area contributed by atoms with Crippen LogP contribution in [0.3, 0.4) is 0 Å². The zero-order valence-electron chi connectivity index (χ0n) is 10.9. The van der Waals surface area contributed by atoms with Gasteiger partial charge in [-0.1, -0.05) is 19.9 Å². The maximum Gasteiger partial charge on any atom is 0.273 e. The van der Waals surface area contributed by atoms with Gasteiger partial charge in [-0.25, -0.2) is 0 Å². The van der Waals surface area contributed by atoms with Gasteiger partial charge in [0.05, 0.1) is 17.6 Å². The summed E-state index contributed by atoms with van der Waals surface area (Å²) in [6, 6.07) is 6.28. The molecular weight excluding hydrogens is 232 g/mol. The first-order valence-corrected chi connectivity index (χ1v) is 6.21. The Bertz CT molecular complexity index is 382. The molecule has 1 unspecified atom stereocenters. The average Bonchev–Trinajstić information content (AvgIpc) is 2.37. The number of hydrogen-bond donors (Lipinski definition) is 1. The third kappa shape index (κ3) is 5.14. The molecular formula is C13H20N2O3. The van der Waals surface area contributed by atoms with Gasteiger partial charge in [0.25, 0.3) is 5.69 Å². The monoisotopic (exact) mass is 252 g/mol. The second-order valence-corrected chi connectivity index (χ2v) is 4.37. The highest BCUT2D eigenvalue weighted by Gasteiger charge is 2.07.